The summed E-state index contributed by atoms with van der Waals surface area (Å²) in [5.41, 5.74) is 0.732. The lowest BCUT2D eigenvalue weighted by Crippen LogP contribution is -2.30. The Balaban J connectivity index is 2.27. The summed E-state index contributed by atoms with van der Waals surface area (Å²) < 4.78 is 10.6. The van der Waals surface area contributed by atoms with Crippen molar-refractivity contribution in [2.24, 2.45) is 0 Å². The lowest BCUT2D eigenvalue weighted by molar-refractivity contribution is -0.139. The number of nitrogens with zero attached hydrogens (tertiary/aromatic N) is 1. The Morgan fingerprint density at radius 1 is 1.13 bits per heavy atom. The van der Waals surface area contributed by atoms with Crippen LogP contribution in [0.2, 0.25) is 10.0 Å². The molecule has 0 aromatic heterocycles. The molecule has 1 unspecified atom stereocenters. The van der Waals surface area contributed by atoms with Crippen molar-refractivity contribution < 1.29 is 24.2 Å². The molecular weight excluding hydrogens is 441 g/mol. The standard InChI is InChI=1S/C23H23Cl2NO5/c1-4-5-9-26-19(13-7-6-8-15(10-13)30-2)18(21(28)23(26)29)20(27)16-11-14(24)12-17(25)22(16)31-3/h6-8,10-12,19,27H,4-5,9H2,1-3H3/b20-18+. The molecule has 2 aromatic rings. The minimum absolute atomic E-state index is 0.0500. The van der Waals surface area contributed by atoms with Crippen LogP contribution < -0.4 is 9.47 Å². The van der Waals surface area contributed by atoms with E-state index in [2.05, 4.69) is 0 Å². The predicted octanol–water partition coefficient (Wildman–Crippen LogP) is 5.23. The Bertz CT molecular complexity index is 1050. The van der Waals surface area contributed by atoms with E-state index in [1.807, 2.05) is 6.92 Å². The maximum atomic E-state index is 13.1. The summed E-state index contributed by atoms with van der Waals surface area (Å²) >= 11 is 12.4. The van der Waals surface area contributed by atoms with Gasteiger partial charge in [0.1, 0.15) is 17.3 Å². The van der Waals surface area contributed by atoms with Gasteiger partial charge in [-0.3, -0.25) is 9.59 Å². The number of carbonyl (C=O) groups excluding carboxylic acids is 2. The maximum absolute atomic E-state index is 13.1. The summed E-state index contributed by atoms with van der Waals surface area (Å²) in [6, 6.07) is 9.19. The zero-order chi connectivity index (χ0) is 22.7. The number of amides is 1. The summed E-state index contributed by atoms with van der Waals surface area (Å²) in [5, 5.41) is 11.7. The fraction of sp³-hybridized carbons (Fsp3) is 0.304. The van der Waals surface area contributed by atoms with E-state index >= 15 is 0 Å². The van der Waals surface area contributed by atoms with E-state index in [4.69, 9.17) is 32.7 Å². The lowest BCUT2D eigenvalue weighted by atomic mass is 9.94. The summed E-state index contributed by atoms with van der Waals surface area (Å²) in [5.74, 6) is -1.12. The second-order valence-corrected chi connectivity index (χ2v) is 7.93. The number of Topliss-reactive ketones (excluding diaryl/α,β-unsaturated/α-hetero) is 1. The average Bonchev–Trinajstić information content (AvgIpc) is 3.01. The molecule has 1 heterocycles. The molecule has 1 saturated heterocycles. The molecule has 0 saturated carbocycles. The first kappa shape index (κ1) is 23.0. The number of halogens is 2. The van der Waals surface area contributed by atoms with Crippen LogP contribution >= 0.6 is 23.2 Å². The maximum Gasteiger partial charge on any atom is 0.295 e. The molecular formula is C23H23Cl2NO5. The number of methoxy groups -OCH3 is 2. The quantitative estimate of drug-likeness (QED) is 0.345. The smallest absolute Gasteiger partial charge is 0.295 e. The molecule has 0 spiro atoms. The fourth-order valence-corrected chi connectivity index (χ4v) is 4.26. The molecule has 0 bridgehead atoms. The van der Waals surface area contributed by atoms with Crippen molar-refractivity contribution in [3.63, 3.8) is 0 Å². The van der Waals surface area contributed by atoms with Crippen LogP contribution in [0, 0.1) is 0 Å². The number of rotatable bonds is 7. The van der Waals surface area contributed by atoms with Crippen molar-refractivity contribution in [2.45, 2.75) is 25.8 Å². The van der Waals surface area contributed by atoms with Crippen molar-refractivity contribution >= 4 is 40.7 Å². The van der Waals surface area contributed by atoms with E-state index in [0.717, 1.165) is 6.42 Å². The molecule has 1 fully saturated rings. The Labute approximate surface area is 191 Å². The second kappa shape index (κ2) is 9.62. The van der Waals surface area contributed by atoms with Gasteiger partial charge in [0.15, 0.2) is 0 Å². The summed E-state index contributed by atoms with van der Waals surface area (Å²) in [6.07, 6.45) is 1.55. The first-order chi connectivity index (χ1) is 14.8. The van der Waals surface area contributed by atoms with Crippen LogP contribution in [0.3, 0.4) is 0 Å². The largest absolute Gasteiger partial charge is 0.507 e. The van der Waals surface area contributed by atoms with Crippen LogP contribution in [0.5, 0.6) is 11.5 Å². The van der Waals surface area contributed by atoms with Crippen molar-refractivity contribution in [1.29, 1.82) is 0 Å². The molecule has 2 aromatic carbocycles. The minimum atomic E-state index is -0.788. The van der Waals surface area contributed by atoms with Crippen LogP contribution in [0.1, 0.15) is 36.9 Å². The first-order valence-corrected chi connectivity index (χ1v) is 10.5. The highest BCUT2D eigenvalue weighted by molar-refractivity contribution is 6.46. The molecule has 6 nitrogen and oxygen atoms in total. The number of aliphatic hydroxyl groups excluding tert-OH is 1. The normalized spacial score (nSPS) is 17.8. The van der Waals surface area contributed by atoms with Crippen molar-refractivity contribution in [3.8, 4) is 11.5 Å². The third-order valence-corrected chi connectivity index (χ3v) is 5.67. The number of carbonyl (C=O) groups is 2. The van der Waals surface area contributed by atoms with Gasteiger partial charge in [-0.25, -0.2) is 0 Å². The molecule has 1 N–H and O–H groups in total. The van der Waals surface area contributed by atoms with Crippen molar-refractivity contribution in [2.75, 3.05) is 20.8 Å². The van der Waals surface area contributed by atoms with E-state index in [0.29, 0.717) is 24.3 Å². The highest BCUT2D eigenvalue weighted by atomic mass is 35.5. The Hall–Kier alpha value is -2.70. The van der Waals surface area contributed by atoms with Crippen LogP contribution in [0.15, 0.2) is 42.0 Å². The average molecular weight is 464 g/mol. The first-order valence-electron chi connectivity index (χ1n) is 9.79. The van der Waals surface area contributed by atoms with E-state index in [-0.39, 0.29) is 26.9 Å². The zero-order valence-electron chi connectivity index (χ0n) is 17.4. The number of likely N-dealkylation sites (tertiary alicyclic amines) is 1. The molecule has 3 rings (SSSR count). The highest BCUT2D eigenvalue weighted by Crippen LogP contribution is 2.43. The SMILES string of the molecule is CCCCN1C(=O)C(=O)/C(=C(/O)c2cc(Cl)cc(Cl)c2OC)C1c1cccc(OC)c1. The lowest BCUT2D eigenvalue weighted by Gasteiger charge is -2.25. The third kappa shape index (κ3) is 4.36. The fourth-order valence-electron chi connectivity index (χ4n) is 3.69. The third-order valence-electron chi connectivity index (χ3n) is 5.17. The molecule has 1 aliphatic rings. The van der Waals surface area contributed by atoms with Gasteiger partial charge in [-0.2, -0.15) is 0 Å². The van der Waals surface area contributed by atoms with Crippen molar-refractivity contribution in [3.05, 3.63) is 63.1 Å². The van der Waals surface area contributed by atoms with Gasteiger partial charge in [-0.05, 0) is 36.2 Å². The van der Waals surface area contributed by atoms with Gasteiger partial charge in [0.2, 0.25) is 0 Å². The molecule has 1 atom stereocenters. The minimum Gasteiger partial charge on any atom is -0.507 e. The zero-order valence-corrected chi connectivity index (χ0v) is 19.0. The number of unbranched alkanes of at least 4 members (excludes halogenated alkanes) is 1. The topological polar surface area (TPSA) is 76.1 Å². The predicted molar refractivity (Wildman–Crippen MR) is 120 cm³/mol. The van der Waals surface area contributed by atoms with Gasteiger partial charge in [0.25, 0.3) is 11.7 Å². The van der Waals surface area contributed by atoms with E-state index in [1.54, 1.807) is 24.3 Å². The number of aliphatic hydroxyl groups is 1. The number of hydrogen-bond acceptors (Lipinski definition) is 5. The summed E-state index contributed by atoms with van der Waals surface area (Å²) in [4.78, 5) is 27.4. The van der Waals surface area contributed by atoms with Gasteiger partial charge in [-0.15, -0.1) is 0 Å². The van der Waals surface area contributed by atoms with Gasteiger partial charge >= 0.3 is 0 Å². The highest BCUT2D eigenvalue weighted by Gasteiger charge is 2.46. The molecule has 0 aliphatic carbocycles. The molecule has 1 amide bonds. The van der Waals surface area contributed by atoms with E-state index < -0.39 is 23.5 Å². The molecule has 8 heteroatoms. The Morgan fingerprint density at radius 2 is 1.87 bits per heavy atom. The molecule has 0 radical (unpaired) electrons. The van der Waals surface area contributed by atoms with Crippen molar-refractivity contribution in [1.82, 2.24) is 4.90 Å². The van der Waals surface area contributed by atoms with Crippen LogP contribution in [0.4, 0.5) is 0 Å². The number of benzene rings is 2. The Morgan fingerprint density at radius 3 is 2.52 bits per heavy atom. The second-order valence-electron chi connectivity index (χ2n) is 7.09. The molecule has 31 heavy (non-hydrogen) atoms. The van der Waals surface area contributed by atoms with E-state index in [1.165, 1.54) is 31.3 Å². The summed E-state index contributed by atoms with van der Waals surface area (Å²) in [7, 11) is 2.93. The van der Waals surface area contributed by atoms with Crippen LogP contribution in [-0.4, -0.2) is 42.5 Å². The van der Waals surface area contributed by atoms with Gasteiger partial charge in [0, 0.05) is 11.6 Å². The molecule has 1 aliphatic heterocycles. The summed E-state index contributed by atoms with van der Waals surface area (Å²) in [6.45, 7) is 2.36. The Kier molecular flexibility index (Phi) is 7.13. The van der Waals surface area contributed by atoms with Crippen LogP contribution in [-0.2, 0) is 9.59 Å². The van der Waals surface area contributed by atoms with Gasteiger partial charge in [-0.1, -0.05) is 48.7 Å². The number of ketones is 1. The number of hydrogen-bond donors (Lipinski definition) is 1. The number of ether oxygens (including phenoxy) is 2. The van der Waals surface area contributed by atoms with Crippen LogP contribution in [0.25, 0.3) is 5.76 Å². The van der Waals surface area contributed by atoms with Gasteiger partial charge < -0.3 is 19.5 Å². The molecule has 164 valence electrons. The monoisotopic (exact) mass is 463 g/mol. The van der Waals surface area contributed by atoms with E-state index in [9.17, 15) is 14.7 Å². The van der Waals surface area contributed by atoms with Gasteiger partial charge in [0.05, 0.1) is 36.4 Å².